The van der Waals surface area contributed by atoms with Crippen LogP contribution in [0.25, 0.3) is 0 Å². The van der Waals surface area contributed by atoms with Gasteiger partial charge in [-0.1, -0.05) is 0 Å². The lowest BCUT2D eigenvalue weighted by atomic mass is 9.86. The van der Waals surface area contributed by atoms with Gasteiger partial charge in [0.15, 0.2) is 5.60 Å². The molecular formula is C7H10O7. The van der Waals surface area contributed by atoms with Crippen molar-refractivity contribution in [2.45, 2.75) is 18.9 Å². The van der Waals surface area contributed by atoms with Gasteiger partial charge in [-0.2, -0.15) is 0 Å². The molecule has 0 saturated carbocycles. The van der Waals surface area contributed by atoms with Gasteiger partial charge in [0, 0.05) is 0 Å². The Morgan fingerprint density at radius 3 is 1.86 bits per heavy atom. The van der Waals surface area contributed by atoms with E-state index in [-0.39, 0.29) is 0 Å². The highest BCUT2D eigenvalue weighted by Gasteiger charge is 2.45. The molecule has 0 aromatic rings. The maximum atomic E-state index is 10.5. The minimum atomic E-state index is -2.59. The Kier molecular flexibility index (Phi) is 3.58. The Morgan fingerprint density at radius 1 is 1.21 bits per heavy atom. The first-order chi connectivity index (χ1) is 6.19. The molecule has 0 heterocycles. The number of hydrogen-bond donors (Lipinski definition) is 4. The average Bonchev–Trinajstić information content (AvgIpc) is 1.98. The third-order valence-electron chi connectivity index (χ3n) is 1.79. The van der Waals surface area contributed by atoms with Crippen LogP contribution in [-0.4, -0.2) is 43.9 Å². The molecule has 0 aromatic carbocycles. The van der Waals surface area contributed by atoms with Crippen molar-refractivity contribution < 1.29 is 34.8 Å². The van der Waals surface area contributed by atoms with E-state index < -0.39 is 35.8 Å². The van der Waals surface area contributed by atoms with Crippen LogP contribution in [0.2, 0.25) is 0 Å². The van der Waals surface area contributed by atoms with E-state index in [1.165, 1.54) is 0 Å². The zero-order valence-corrected chi connectivity index (χ0v) is 7.30. The van der Waals surface area contributed by atoms with Gasteiger partial charge in [0.05, 0.1) is 6.42 Å². The fourth-order valence-corrected chi connectivity index (χ4v) is 0.850. The second kappa shape index (κ2) is 4.05. The summed E-state index contributed by atoms with van der Waals surface area (Å²) in [5.41, 5.74) is -2.59. The van der Waals surface area contributed by atoms with Crippen molar-refractivity contribution in [1.82, 2.24) is 0 Å². The van der Waals surface area contributed by atoms with Crippen LogP contribution in [0.5, 0.6) is 0 Å². The van der Waals surface area contributed by atoms with E-state index in [0.29, 0.717) is 0 Å². The smallest absolute Gasteiger partial charge is 0.336 e. The van der Waals surface area contributed by atoms with Crippen LogP contribution < -0.4 is 0 Å². The zero-order valence-electron chi connectivity index (χ0n) is 7.30. The van der Waals surface area contributed by atoms with Crippen LogP contribution in [0.15, 0.2) is 0 Å². The van der Waals surface area contributed by atoms with Crippen LogP contribution in [0.1, 0.15) is 13.3 Å². The molecule has 7 nitrogen and oxygen atoms in total. The lowest BCUT2D eigenvalue weighted by Crippen LogP contribution is -2.47. The third kappa shape index (κ3) is 2.70. The molecule has 0 spiro atoms. The maximum Gasteiger partial charge on any atom is 0.336 e. The largest absolute Gasteiger partial charge is 0.481 e. The standard InChI is InChI=1S/C7H10O7/c1-7(14,6(12)13)3(5(10)11)2-4(8)9/h3,14H,2H2,1H3,(H,8,9)(H,10,11)(H,12,13)/t3-,7?/m0/s1. The molecule has 0 amide bonds. The summed E-state index contributed by atoms with van der Waals surface area (Å²) >= 11 is 0. The minimum absolute atomic E-state index is 0.747. The first-order valence-electron chi connectivity index (χ1n) is 3.60. The Morgan fingerprint density at radius 2 is 1.64 bits per heavy atom. The first-order valence-corrected chi connectivity index (χ1v) is 3.60. The van der Waals surface area contributed by atoms with Crippen molar-refractivity contribution in [2.24, 2.45) is 5.92 Å². The van der Waals surface area contributed by atoms with Gasteiger partial charge in [0.1, 0.15) is 5.92 Å². The summed E-state index contributed by atoms with van der Waals surface area (Å²) in [4.78, 5) is 31.2. The van der Waals surface area contributed by atoms with Crippen molar-refractivity contribution in [3.63, 3.8) is 0 Å². The number of hydrogen-bond acceptors (Lipinski definition) is 4. The Bertz CT molecular complexity index is 267. The van der Waals surface area contributed by atoms with E-state index in [2.05, 4.69) is 0 Å². The summed E-state index contributed by atoms with van der Waals surface area (Å²) in [5.74, 6) is -6.80. The SMILES string of the molecule is CC(O)(C(=O)O)[C@@H](CC(=O)O)C(=O)O. The second-order valence-corrected chi connectivity index (χ2v) is 2.94. The van der Waals surface area contributed by atoms with Crippen molar-refractivity contribution >= 4 is 17.9 Å². The van der Waals surface area contributed by atoms with E-state index in [0.717, 1.165) is 6.92 Å². The quantitative estimate of drug-likeness (QED) is 0.453. The van der Waals surface area contributed by atoms with Crippen LogP contribution in [0.3, 0.4) is 0 Å². The van der Waals surface area contributed by atoms with Gasteiger partial charge in [0.2, 0.25) is 0 Å². The summed E-state index contributed by atoms with van der Waals surface area (Å²) in [5, 5.41) is 34.5. The Labute approximate surface area is 78.6 Å². The highest BCUT2D eigenvalue weighted by Crippen LogP contribution is 2.21. The van der Waals surface area contributed by atoms with E-state index in [4.69, 9.17) is 15.3 Å². The van der Waals surface area contributed by atoms with Gasteiger partial charge in [-0.25, -0.2) is 4.79 Å². The van der Waals surface area contributed by atoms with E-state index in [9.17, 15) is 19.5 Å². The summed E-state index contributed by atoms with van der Waals surface area (Å²) in [6.07, 6.45) is -0.950. The topological polar surface area (TPSA) is 132 Å². The van der Waals surface area contributed by atoms with Crippen LogP contribution in [0, 0.1) is 5.92 Å². The van der Waals surface area contributed by atoms with Crippen molar-refractivity contribution in [3.05, 3.63) is 0 Å². The molecule has 0 fully saturated rings. The molecule has 80 valence electrons. The summed E-state index contributed by atoms with van der Waals surface area (Å²) in [6, 6.07) is 0. The normalized spacial score (nSPS) is 16.7. The van der Waals surface area contributed by atoms with E-state index in [1.54, 1.807) is 0 Å². The highest BCUT2D eigenvalue weighted by atomic mass is 16.4. The fourth-order valence-electron chi connectivity index (χ4n) is 0.850. The zero-order chi connectivity index (χ0) is 11.5. The molecule has 0 aliphatic rings. The molecular weight excluding hydrogens is 196 g/mol. The average molecular weight is 206 g/mol. The molecule has 0 aromatic heterocycles. The summed E-state index contributed by atoms with van der Waals surface area (Å²) in [7, 11) is 0. The Balaban J connectivity index is 4.91. The van der Waals surface area contributed by atoms with Crippen molar-refractivity contribution in [2.75, 3.05) is 0 Å². The lowest BCUT2D eigenvalue weighted by molar-refractivity contribution is -0.174. The van der Waals surface area contributed by atoms with E-state index >= 15 is 0 Å². The van der Waals surface area contributed by atoms with Crippen LogP contribution in [-0.2, 0) is 14.4 Å². The van der Waals surface area contributed by atoms with Gasteiger partial charge in [-0.05, 0) is 6.92 Å². The maximum absolute atomic E-state index is 10.5. The van der Waals surface area contributed by atoms with Gasteiger partial charge >= 0.3 is 17.9 Å². The van der Waals surface area contributed by atoms with Gasteiger partial charge in [-0.3, -0.25) is 9.59 Å². The van der Waals surface area contributed by atoms with Crippen molar-refractivity contribution in [1.29, 1.82) is 0 Å². The Hall–Kier alpha value is -1.63. The molecule has 14 heavy (non-hydrogen) atoms. The van der Waals surface area contributed by atoms with Crippen molar-refractivity contribution in [3.8, 4) is 0 Å². The third-order valence-corrected chi connectivity index (χ3v) is 1.79. The van der Waals surface area contributed by atoms with E-state index in [1.807, 2.05) is 0 Å². The minimum Gasteiger partial charge on any atom is -0.481 e. The number of rotatable bonds is 5. The first kappa shape index (κ1) is 12.4. The number of carbonyl (C=O) groups is 3. The number of aliphatic hydroxyl groups is 1. The summed E-state index contributed by atoms with van der Waals surface area (Å²) < 4.78 is 0. The van der Waals surface area contributed by atoms with Gasteiger partial charge in [0.25, 0.3) is 0 Å². The molecule has 0 aliphatic heterocycles. The van der Waals surface area contributed by atoms with Crippen LogP contribution in [0.4, 0.5) is 0 Å². The second-order valence-electron chi connectivity index (χ2n) is 2.94. The molecule has 2 atom stereocenters. The predicted molar refractivity (Wildman–Crippen MR) is 41.6 cm³/mol. The molecule has 0 rings (SSSR count). The highest BCUT2D eigenvalue weighted by molar-refractivity contribution is 5.87. The lowest BCUT2D eigenvalue weighted by Gasteiger charge is -2.23. The van der Waals surface area contributed by atoms with Gasteiger partial charge < -0.3 is 20.4 Å². The predicted octanol–water partition coefficient (Wildman–Crippen LogP) is -1.00. The summed E-state index contributed by atoms with van der Waals surface area (Å²) in [6.45, 7) is 0.747. The molecule has 4 N–H and O–H groups in total. The fraction of sp³-hybridized carbons (Fsp3) is 0.571. The van der Waals surface area contributed by atoms with Gasteiger partial charge in [-0.15, -0.1) is 0 Å². The molecule has 1 unspecified atom stereocenters. The molecule has 0 radical (unpaired) electrons. The number of carboxylic acids is 3. The number of aliphatic carboxylic acids is 3. The molecule has 0 aliphatic carbocycles. The molecule has 0 saturated heterocycles. The number of carboxylic acid groups (broad SMARTS) is 3. The molecule has 0 bridgehead atoms. The van der Waals surface area contributed by atoms with Crippen LogP contribution >= 0.6 is 0 Å². The molecule has 7 heteroatoms. The monoisotopic (exact) mass is 206 g/mol.